The molecule has 0 aromatic heterocycles. The summed E-state index contributed by atoms with van der Waals surface area (Å²) in [5, 5.41) is 0. The van der Waals surface area contributed by atoms with Crippen molar-refractivity contribution in [1.29, 1.82) is 0 Å². The first-order valence-electron chi connectivity index (χ1n) is 7.69. The molecule has 0 radical (unpaired) electrons. The highest BCUT2D eigenvalue weighted by molar-refractivity contribution is 6.43. The number of para-hydroxylation sites is 1. The van der Waals surface area contributed by atoms with Gasteiger partial charge in [0.15, 0.2) is 0 Å². The molecular weight excluding hydrogens is 326 g/mol. The Balaban J connectivity index is 2.98. The lowest BCUT2D eigenvalue weighted by molar-refractivity contribution is -0.134. The van der Waals surface area contributed by atoms with Gasteiger partial charge in [0.2, 0.25) is 5.91 Å². The summed E-state index contributed by atoms with van der Waals surface area (Å²) in [6.45, 7) is 8.73. The molecule has 0 aliphatic heterocycles. The van der Waals surface area contributed by atoms with Gasteiger partial charge in [-0.15, -0.1) is 6.58 Å². The summed E-state index contributed by atoms with van der Waals surface area (Å²) in [5.74, 6) is -2.69. The van der Waals surface area contributed by atoms with Gasteiger partial charge in [-0.3, -0.25) is 9.59 Å². The minimum atomic E-state index is -1.37. The Morgan fingerprint density at radius 3 is 2.40 bits per heavy atom. The zero-order valence-corrected chi connectivity index (χ0v) is 14.5. The Hall–Kier alpha value is -2.96. The van der Waals surface area contributed by atoms with Crippen LogP contribution in [0, 0.1) is 5.92 Å². The van der Waals surface area contributed by atoms with Crippen LogP contribution in [-0.4, -0.2) is 37.0 Å². The van der Waals surface area contributed by atoms with Crippen LogP contribution in [0.5, 0.6) is 0 Å². The molecule has 1 amide bonds. The number of benzene rings is 1. The predicted octanol–water partition coefficient (Wildman–Crippen LogP) is 2.74. The Morgan fingerprint density at radius 2 is 1.84 bits per heavy atom. The van der Waals surface area contributed by atoms with Crippen molar-refractivity contribution < 1.29 is 28.7 Å². The number of amides is 1. The van der Waals surface area contributed by atoms with Crippen molar-refractivity contribution in [1.82, 2.24) is 0 Å². The summed E-state index contributed by atoms with van der Waals surface area (Å²) < 4.78 is 9.10. The number of ether oxygens (including phenoxy) is 2. The molecule has 0 heterocycles. The second kappa shape index (κ2) is 9.36. The maximum atomic E-state index is 12.3. The number of hydrogen-bond acceptors (Lipinski definition) is 6. The second-order valence-electron chi connectivity index (χ2n) is 5.61. The van der Waals surface area contributed by atoms with Crippen LogP contribution in [0.3, 0.4) is 0 Å². The van der Waals surface area contributed by atoms with E-state index in [1.807, 2.05) is 13.8 Å². The van der Waals surface area contributed by atoms with Gasteiger partial charge in [-0.25, -0.2) is 9.59 Å². The highest BCUT2D eigenvalue weighted by Gasteiger charge is 2.27. The quantitative estimate of drug-likeness (QED) is 0.248. The van der Waals surface area contributed by atoms with Gasteiger partial charge in [-0.2, -0.15) is 0 Å². The molecule has 0 saturated carbocycles. The van der Waals surface area contributed by atoms with Crippen LogP contribution in [0.2, 0.25) is 0 Å². The number of anilines is 1. The van der Waals surface area contributed by atoms with E-state index in [2.05, 4.69) is 11.3 Å². The van der Waals surface area contributed by atoms with Gasteiger partial charge in [0, 0.05) is 13.5 Å². The van der Waals surface area contributed by atoms with E-state index >= 15 is 0 Å². The maximum Gasteiger partial charge on any atom is 0.516 e. The van der Waals surface area contributed by atoms with Crippen LogP contribution in [0.1, 0.15) is 31.1 Å². The van der Waals surface area contributed by atoms with E-state index in [1.54, 1.807) is 6.07 Å². The van der Waals surface area contributed by atoms with Gasteiger partial charge < -0.3 is 14.4 Å². The Morgan fingerprint density at radius 1 is 1.20 bits per heavy atom. The van der Waals surface area contributed by atoms with E-state index < -0.39 is 17.9 Å². The van der Waals surface area contributed by atoms with Crippen molar-refractivity contribution >= 4 is 29.5 Å². The topological polar surface area (TPSA) is 90.0 Å². The molecule has 7 nitrogen and oxygen atoms in total. The Kier molecular flexibility index (Phi) is 7.52. The van der Waals surface area contributed by atoms with Crippen LogP contribution >= 0.6 is 0 Å². The van der Waals surface area contributed by atoms with Crippen LogP contribution in [0.4, 0.5) is 10.5 Å². The van der Waals surface area contributed by atoms with Crippen LogP contribution in [0.15, 0.2) is 36.9 Å². The molecule has 1 aromatic carbocycles. The summed E-state index contributed by atoms with van der Waals surface area (Å²) in [6, 6.07) is 6.04. The standard InChI is InChI=1S/C18H21NO6/c1-5-10-19(13(4)20)15-9-7-6-8-14(15)16(21)17(22)25-18(23)24-11-12(2)3/h5-9,12H,1,10-11H2,2-4H3. The first-order valence-corrected chi connectivity index (χ1v) is 7.69. The fourth-order valence-corrected chi connectivity index (χ4v) is 1.92. The zero-order chi connectivity index (χ0) is 19.0. The average Bonchev–Trinajstić information content (AvgIpc) is 2.57. The van der Waals surface area contributed by atoms with Gasteiger partial charge in [0.05, 0.1) is 17.9 Å². The second-order valence-corrected chi connectivity index (χ2v) is 5.61. The molecule has 0 saturated heterocycles. The molecule has 1 aromatic rings. The lowest BCUT2D eigenvalue weighted by Crippen LogP contribution is -2.31. The fourth-order valence-electron chi connectivity index (χ4n) is 1.92. The van der Waals surface area contributed by atoms with Gasteiger partial charge in [-0.1, -0.05) is 32.1 Å². The smallest absolute Gasteiger partial charge is 0.434 e. The number of esters is 1. The molecule has 0 bridgehead atoms. The molecule has 0 aliphatic rings. The number of rotatable bonds is 7. The van der Waals surface area contributed by atoms with Gasteiger partial charge in [0.1, 0.15) is 0 Å². The summed E-state index contributed by atoms with van der Waals surface area (Å²) in [4.78, 5) is 48.7. The zero-order valence-electron chi connectivity index (χ0n) is 14.5. The molecular formula is C18H21NO6. The molecule has 7 heteroatoms. The largest absolute Gasteiger partial charge is 0.516 e. The fraction of sp³-hybridized carbons (Fsp3) is 0.333. The van der Waals surface area contributed by atoms with E-state index in [-0.39, 0.29) is 36.2 Å². The molecule has 1 rings (SSSR count). The SMILES string of the molecule is C=CCN(C(C)=O)c1ccccc1C(=O)C(=O)OC(=O)OCC(C)C. The monoisotopic (exact) mass is 347 g/mol. The van der Waals surface area contributed by atoms with Gasteiger partial charge >= 0.3 is 12.1 Å². The van der Waals surface area contributed by atoms with E-state index in [1.165, 1.54) is 36.1 Å². The lowest BCUT2D eigenvalue weighted by atomic mass is 10.1. The first-order chi connectivity index (χ1) is 11.8. The summed E-state index contributed by atoms with van der Waals surface area (Å²) in [7, 11) is 0. The predicted molar refractivity (Wildman–Crippen MR) is 91.3 cm³/mol. The van der Waals surface area contributed by atoms with Crippen molar-refractivity contribution in [3.8, 4) is 0 Å². The van der Waals surface area contributed by atoms with Crippen molar-refractivity contribution in [3.63, 3.8) is 0 Å². The molecule has 0 N–H and O–H groups in total. The third kappa shape index (κ3) is 5.87. The van der Waals surface area contributed by atoms with Crippen LogP contribution in [0.25, 0.3) is 0 Å². The maximum absolute atomic E-state index is 12.3. The normalized spacial score (nSPS) is 10.1. The minimum Gasteiger partial charge on any atom is -0.434 e. The molecule has 0 fully saturated rings. The average molecular weight is 347 g/mol. The molecule has 0 unspecified atom stereocenters. The summed E-state index contributed by atoms with van der Waals surface area (Å²) in [5.41, 5.74) is 0.175. The Bertz CT molecular complexity index is 680. The molecule has 134 valence electrons. The first kappa shape index (κ1) is 20.1. The summed E-state index contributed by atoms with van der Waals surface area (Å²) >= 11 is 0. The van der Waals surface area contributed by atoms with Crippen molar-refractivity contribution in [2.75, 3.05) is 18.1 Å². The molecule has 0 aliphatic carbocycles. The van der Waals surface area contributed by atoms with Crippen molar-refractivity contribution in [2.24, 2.45) is 5.92 Å². The third-order valence-corrected chi connectivity index (χ3v) is 3.03. The number of ketones is 1. The van der Waals surface area contributed by atoms with Crippen molar-refractivity contribution in [2.45, 2.75) is 20.8 Å². The van der Waals surface area contributed by atoms with E-state index in [9.17, 15) is 19.2 Å². The lowest BCUT2D eigenvalue weighted by Gasteiger charge is -2.21. The van der Waals surface area contributed by atoms with Crippen molar-refractivity contribution in [3.05, 3.63) is 42.5 Å². The van der Waals surface area contributed by atoms with E-state index in [4.69, 9.17) is 4.74 Å². The van der Waals surface area contributed by atoms with Crippen LogP contribution < -0.4 is 4.90 Å². The molecule has 0 spiro atoms. The van der Waals surface area contributed by atoms with Crippen LogP contribution in [-0.2, 0) is 19.1 Å². The highest BCUT2D eigenvalue weighted by atomic mass is 16.7. The highest BCUT2D eigenvalue weighted by Crippen LogP contribution is 2.21. The Labute approximate surface area is 146 Å². The number of hydrogen-bond donors (Lipinski definition) is 0. The number of nitrogens with zero attached hydrogens (tertiary/aromatic N) is 1. The number of Topliss-reactive ketones (excluding diaryl/α,β-unsaturated/α-hetero) is 1. The third-order valence-electron chi connectivity index (χ3n) is 3.03. The van der Waals surface area contributed by atoms with E-state index in [0.717, 1.165) is 0 Å². The number of carbonyl (C=O) groups is 4. The molecule has 25 heavy (non-hydrogen) atoms. The van der Waals surface area contributed by atoms with E-state index in [0.29, 0.717) is 0 Å². The molecule has 0 atom stereocenters. The van der Waals surface area contributed by atoms with Gasteiger partial charge in [-0.05, 0) is 18.1 Å². The number of carbonyl (C=O) groups excluding carboxylic acids is 4. The minimum absolute atomic E-state index is 0.0544. The van der Waals surface area contributed by atoms with Gasteiger partial charge in [0.25, 0.3) is 5.78 Å². The summed E-state index contributed by atoms with van der Waals surface area (Å²) in [6.07, 6.45) is 0.253.